The third kappa shape index (κ3) is 5.14. The molecule has 8 heteroatoms. The molecular weight excluding hydrogens is 356 g/mol. The van der Waals surface area contributed by atoms with Crippen LogP contribution in [-0.4, -0.2) is 33.9 Å². The van der Waals surface area contributed by atoms with Crippen molar-refractivity contribution in [1.29, 1.82) is 0 Å². The average Bonchev–Trinajstić information content (AvgIpc) is 2.61. The minimum absolute atomic E-state index is 0.0670. The number of ether oxygens (including phenoxy) is 1. The number of hydrogen-bond acceptors (Lipinski definition) is 5. The van der Waals surface area contributed by atoms with E-state index in [9.17, 15) is 18.0 Å². The summed E-state index contributed by atoms with van der Waals surface area (Å²) in [7, 11) is -2.42. The van der Waals surface area contributed by atoms with E-state index >= 15 is 0 Å². The number of anilines is 1. The van der Waals surface area contributed by atoms with Crippen LogP contribution in [0.2, 0.25) is 0 Å². The van der Waals surface area contributed by atoms with Crippen molar-refractivity contribution in [3.63, 3.8) is 0 Å². The van der Waals surface area contributed by atoms with Crippen LogP contribution in [0.3, 0.4) is 0 Å². The molecule has 0 aromatic heterocycles. The Morgan fingerprint density at radius 1 is 1.04 bits per heavy atom. The molecular formula is C18H20N2O5S. The minimum atomic E-state index is -3.68. The lowest BCUT2D eigenvalue weighted by atomic mass is 10.1. The number of benzene rings is 2. The number of aryl methyl sites for hydroxylation is 1. The van der Waals surface area contributed by atoms with Gasteiger partial charge in [-0.05, 0) is 31.2 Å². The molecule has 1 amide bonds. The second-order valence-corrected chi connectivity index (χ2v) is 7.31. The first-order chi connectivity index (χ1) is 12.3. The van der Waals surface area contributed by atoms with Gasteiger partial charge in [0, 0.05) is 13.0 Å². The van der Waals surface area contributed by atoms with Crippen LogP contribution in [0.1, 0.15) is 22.3 Å². The highest BCUT2D eigenvalue weighted by Gasteiger charge is 2.16. The Labute approximate surface area is 152 Å². The molecule has 0 aliphatic rings. The fourth-order valence-corrected chi connectivity index (χ4v) is 3.22. The van der Waals surface area contributed by atoms with Crippen molar-refractivity contribution in [3.8, 4) is 0 Å². The van der Waals surface area contributed by atoms with Gasteiger partial charge in [-0.1, -0.05) is 29.8 Å². The van der Waals surface area contributed by atoms with Crippen molar-refractivity contribution in [2.45, 2.75) is 18.2 Å². The first-order valence-electron chi connectivity index (χ1n) is 7.87. The Morgan fingerprint density at radius 2 is 1.69 bits per heavy atom. The van der Waals surface area contributed by atoms with Crippen LogP contribution in [0, 0.1) is 6.92 Å². The molecule has 0 heterocycles. The minimum Gasteiger partial charge on any atom is -0.465 e. The van der Waals surface area contributed by atoms with Crippen LogP contribution in [-0.2, 0) is 19.6 Å². The van der Waals surface area contributed by atoms with Crippen molar-refractivity contribution >= 4 is 27.6 Å². The number of amides is 1. The average molecular weight is 376 g/mol. The second kappa shape index (κ2) is 8.59. The number of methoxy groups -OCH3 is 1. The number of para-hydroxylation sites is 1. The van der Waals surface area contributed by atoms with E-state index in [4.69, 9.17) is 0 Å². The van der Waals surface area contributed by atoms with Gasteiger partial charge >= 0.3 is 5.97 Å². The topological polar surface area (TPSA) is 102 Å². The summed E-state index contributed by atoms with van der Waals surface area (Å²) in [6, 6.07) is 12.8. The summed E-state index contributed by atoms with van der Waals surface area (Å²) in [4.78, 5) is 23.9. The molecule has 0 atom stereocenters. The van der Waals surface area contributed by atoms with Crippen molar-refractivity contribution in [2.75, 3.05) is 19.0 Å². The summed E-state index contributed by atoms with van der Waals surface area (Å²) in [6.07, 6.45) is -0.0827. The number of esters is 1. The first-order valence-corrected chi connectivity index (χ1v) is 9.35. The molecule has 2 rings (SSSR count). The SMILES string of the molecule is COC(=O)c1ccccc1NC(=O)CCNS(=O)(=O)c1ccc(C)cc1. The fraction of sp³-hybridized carbons (Fsp3) is 0.222. The lowest BCUT2D eigenvalue weighted by molar-refractivity contribution is -0.116. The molecule has 2 aromatic rings. The summed E-state index contributed by atoms with van der Waals surface area (Å²) in [5, 5.41) is 2.58. The zero-order valence-electron chi connectivity index (χ0n) is 14.5. The quantitative estimate of drug-likeness (QED) is 0.721. The molecule has 138 valence electrons. The summed E-state index contributed by atoms with van der Waals surface area (Å²) in [5.41, 5.74) is 1.49. The molecule has 26 heavy (non-hydrogen) atoms. The summed E-state index contributed by atoms with van der Waals surface area (Å²) >= 11 is 0. The second-order valence-electron chi connectivity index (χ2n) is 5.55. The monoisotopic (exact) mass is 376 g/mol. The van der Waals surface area contributed by atoms with E-state index in [1.165, 1.54) is 25.3 Å². The largest absolute Gasteiger partial charge is 0.465 e. The van der Waals surface area contributed by atoms with Crippen LogP contribution in [0.4, 0.5) is 5.69 Å². The normalized spacial score (nSPS) is 11.0. The van der Waals surface area contributed by atoms with E-state index in [0.29, 0.717) is 5.69 Å². The molecule has 7 nitrogen and oxygen atoms in total. The number of carbonyl (C=O) groups excluding carboxylic acids is 2. The highest BCUT2D eigenvalue weighted by atomic mass is 32.2. The molecule has 0 unspecified atom stereocenters. The number of sulfonamides is 1. The van der Waals surface area contributed by atoms with E-state index in [0.717, 1.165) is 5.56 Å². The van der Waals surface area contributed by atoms with E-state index in [-0.39, 0.29) is 23.4 Å². The Morgan fingerprint density at radius 3 is 2.35 bits per heavy atom. The molecule has 0 aliphatic carbocycles. The molecule has 2 N–H and O–H groups in total. The van der Waals surface area contributed by atoms with Gasteiger partial charge in [0.2, 0.25) is 15.9 Å². The third-order valence-corrected chi connectivity index (χ3v) is 5.06. The van der Waals surface area contributed by atoms with E-state index in [1.807, 2.05) is 6.92 Å². The van der Waals surface area contributed by atoms with Crippen molar-refractivity contribution in [2.24, 2.45) is 0 Å². The highest BCUT2D eigenvalue weighted by Crippen LogP contribution is 2.16. The summed E-state index contributed by atoms with van der Waals surface area (Å²) in [5.74, 6) is -0.992. The number of rotatable bonds is 7. The molecule has 0 fully saturated rings. The Kier molecular flexibility index (Phi) is 6.48. The van der Waals surface area contributed by atoms with Gasteiger partial charge in [-0.25, -0.2) is 17.9 Å². The number of hydrogen-bond donors (Lipinski definition) is 2. The summed E-state index contributed by atoms with van der Waals surface area (Å²) in [6.45, 7) is 1.79. The van der Waals surface area contributed by atoms with Gasteiger partial charge in [0.25, 0.3) is 0 Å². The number of carbonyl (C=O) groups is 2. The maximum absolute atomic E-state index is 12.2. The van der Waals surface area contributed by atoms with Gasteiger partial charge in [-0.2, -0.15) is 0 Å². The predicted octanol–water partition coefficient (Wildman–Crippen LogP) is 2.09. The Bertz CT molecular complexity index is 892. The maximum atomic E-state index is 12.2. The van der Waals surface area contributed by atoms with Gasteiger partial charge in [0.05, 0.1) is 23.3 Å². The molecule has 0 radical (unpaired) electrons. The van der Waals surface area contributed by atoms with Gasteiger partial charge in [0.1, 0.15) is 0 Å². The van der Waals surface area contributed by atoms with E-state index in [1.54, 1.807) is 30.3 Å². The van der Waals surface area contributed by atoms with Crippen LogP contribution in [0.15, 0.2) is 53.4 Å². The van der Waals surface area contributed by atoms with Crippen LogP contribution in [0.25, 0.3) is 0 Å². The zero-order valence-corrected chi connectivity index (χ0v) is 15.3. The van der Waals surface area contributed by atoms with Crippen molar-refractivity contribution in [3.05, 3.63) is 59.7 Å². The first kappa shape index (κ1) is 19.6. The maximum Gasteiger partial charge on any atom is 0.339 e. The Balaban J connectivity index is 1.94. The molecule has 0 bridgehead atoms. The molecule has 2 aromatic carbocycles. The lowest BCUT2D eigenvalue weighted by Gasteiger charge is -2.10. The van der Waals surface area contributed by atoms with E-state index < -0.39 is 21.9 Å². The van der Waals surface area contributed by atoms with Gasteiger partial charge in [-0.15, -0.1) is 0 Å². The molecule has 0 aliphatic heterocycles. The smallest absolute Gasteiger partial charge is 0.339 e. The van der Waals surface area contributed by atoms with Crippen LogP contribution >= 0.6 is 0 Å². The van der Waals surface area contributed by atoms with Crippen LogP contribution < -0.4 is 10.0 Å². The van der Waals surface area contributed by atoms with Crippen molar-refractivity contribution < 1.29 is 22.7 Å². The van der Waals surface area contributed by atoms with Gasteiger partial charge in [-0.3, -0.25) is 4.79 Å². The molecule has 0 saturated carbocycles. The lowest BCUT2D eigenvalue weighted by Crippen LogP contribution is -2.28. The van der Waals surface area contributed by atoms with Gasteiger partial charge < -0.3 is 10.1 Å². The standard InChI is InChI=1S/C18H20N2O5S/c1-13-7-9-14(10-8-13)26(23,24)19-12-11-17(21)20-16-6-4-3-5-15(16)18(22)25-2/h3-10,19H,11-12H2,1-2H3,(H,20,21). The van der Waals surface area contributed by atoms with Crippen molar-refractivity contribution in [1.82, 2.24) is 4.72 Å². The molecule has 0 saturated heterocycles. The predicted molar refractivity (Wildman–Crippen MR) is 97.4 cm³/mol. The highest BCUT2D eigenvalue weighted by molar-refractivity contribution is 7.89. The van der Waals surface area contributed by atoms with Gasteiger partial charge in [0.15, 0.2) is 0 Å². The molecule has 0 spiro atoms. The fourth-order valence-electron chi connectivity index (χ4n) is 2.19. The zero-order chi connectivity index (χ0) is 19.2. The van der Waals surface area contributed by atoms with Crippen LogP contribution in [0.5, 0.6) is 0 Å². The third-order valence-electron chi connectivity index (χ3n) is 3.58. The van der Waals surface area contributed by atoms with E-state index in [2.05, 4.69) is 14.8 Å². The number of nitrogens with one attached hydrogen (secondary N) is 2. The summed E-state index contributed by atoms with van der Waals surface area (Å²) < 4.78 is 31.4. The Hall–Kier alpha value is -2.71.